The van der Waals surface area contributed by atoms with Crippen molar-refractivity contribution < 1.29 is 9.53 Å². The van der Waals surface area contributed by atoms with E-state index >= 15 is 0 Å². The maximum Gasteiger partial charge on any atom is 0.254 e. The van der Waals surface area contributed by atoms with Crippen molar-refractivity contribution in [3.8, 4) is 11.5 Å². The van der Waals surface area contributed by atoms with Gasteiger partial charge >= 0.3 is 0 Å². The lowest BCUT2D eigenvalue weighted by Crippen LogP contribution is -2.33. The highest BCUT2D eigenvalue weighted by Gasteiger charge is 2.34. The predicted octanol–water partition coefficient (Wildman–Crippen LogP) is 8.30. The van der Waals surface area contributed by atoms with Crippen LogP contribution in [0.2, 0.25) is 0 Å². The summed E-state index contributed by atoms with van der Waals surface area (Å²) in [5.41, 5.74) is 8.59. The summed E-state index contributed by atoms with van der Waals surface area (Å²) in [6, 6.07) is 17.6. The third kappa shape index (κ3) is 4.99. The standard InChI is InChI=1S/C39H47NO2/c1-9-15-40(10-2)37(41)29-14-12-11-13-28(29)36-32-18-30-24(3)20-38(5,6)22-26(30)16-34(32)42-35-17-27-23-39(7,8)21-25(4)31(27)19-33(35)36/h11-14,16-19,22,24-25H,9-10,15,20-21,23H2,1-8H3. The Morgan fingerprint density at radius 3 is 2.38 bits per heavy atom. The van der Waals surface area contributed by atoms with E-state index in [1.165, 1.54) is 28.3 Å². The Morgan fingerprint density at radius 2 is 1.64 bits per heavy atom. The molecular formula is C39H47NO2. The molecule has 2 atom stereocenters. The second kappa shape index (κ2) is 10.4. The first-order valence-corrected chi connectivity index (χ1v) is 16.1. The first-order chi connectivity index (χ1) is 19.9. The van der Waals surface area contributed by atoms with Crippen molar-refractivity contribution >= 4 is 17.6 Å². The molecule has 1 heterocycles. The molecule has 2 aliphatic carbocycles. The van der Waals surface area contributed by atoms with Gasteiger partial charge < -0.3 is 9.64 Å². The largest absolute Gasteiger partial charge is 0.456 e. The molecule has 220 valence electrons. The molecule has 3 heteroatoms. The minimum atomic E-state index is 0.103. The third-order valence-electron chi connectivity index (χ3n) is 9.74. The monoisotopic (exact) mass is 561 g/mol. The molecule has 3 aromatic carbocycles. The van der Waals surface area contributed by atoms with Gasteiger partial charge in [-0.3, -0.25) is 4.79 Å². The number of nitrogens with zero attached hydrogens (tertiary/aromatic N) is 1. The lowest BCUT2D eigenvalue weighted by atomic mass is 9.69. The Labute approximate surface area is 252 Å². The first kappa shape index (κ1) is 28.8. The maximum atomic E-state index is 14.0. The Kier molecular flexibility index (Phi) is 7.15. The second-order valence-electron chi connectivity index (χ2n) is 14.6. The van der Waals surface area contributed by atoms with E-state index in [4.69, 9.17) is 4.74 Å². The van der Waals surface area contributed by atoms with E-state index in [9.17, 15) is 4.79 Å². The Balaban J connectivity index is 1.67. The molecule has 0 saturated heterocycles. The van der Waals surface area contributed by atoms with E-state index < -0.39 is 0 Å². The molecule has 3 aliphatic rings. The SMILES string of the molecule is CCCN(CC)C(=O)c1ccccc1C1=c2cc3c(cc2Oc2cc4c(cc21)C(C)CC(C)(C)C4)=CC(C)(C)CC3C. The normalized spacial score (nSPS) is 21.2. The van der Waals surface area contributed by atoms with Crippen LogP contribution >= 0.6 is 0 Å². The lowest BCUT2D eigenvalue weighted by Gasteiger charge is -2.37. The van der Waals surface area contributed by atoms with Crippen molar-refractivity contribution in [2.24, 2.45) is 10.8 Å². The van der Waals surface area contributed by atoms with Crippen LogP contribution in [0.4, 0.5) is 0 Å². The second-order valence-corrected chi connectivity index (χ2v) is 14.6. The number of benzene rings is 3. The Hall–Kier alpha value is -3.33. The van der Waals surface area contributed by atoms with Crippen LogP contribution in [0.1, 0.15) is 125 Å². The number of fused-ring (bicyclic) bond motifs is 4. The van der Waals surface area contributed by atoms with E-state index in [0.29, 0.717) is 18.4 Å². The molecule has 0 bridgehead atoms. The van der Waals surface area contributed by atoms with E-state index in [2.05, 4.69) is 97.9 Å². The fourth-order valence-electron chi connectivity index (χ4n) is 8.16. The highest BCUT2D eigenvalue weighted by molar-refractivity contribution is 6.02. The van der Waals surface area contributed by atoms with Crippen molar-refractivity contribution in [3.63, 3.8) is 0 Å². The van der Waals surface area contributed by atoms with Crippen molar-refractivity contribution in [2.45, 2.75) is 92.9 Å². The third-order valence-corrected chi connectivity index (χ3v) is 9.74. The summed E-state index contributed by atoms with van der Waals surface area (Å²) in [6.07, 6.45) is 6.69. The van der Waals surface area contributed by atoms with Gasteiger partial charge in [0.05, 0.1) is 0 Å². The number of carbonyl (C=O) groups is 1. The molecule has 42 heavy (non-hydrogen) atoms. The van der Waals surface area contributed by atoms with Crippen LogP contribution in [0.5, 0.6) is 11.5 Å². The maximum absolute atomic E-state index is 14.0. The summed E-state index contributed by atoms with van der Waals surface area (Å²) in [5, 5.41) is 2.38. The van der Waals surface area contributed by atoms with Crippen LogP contribution in [0.25, 0.3) is 11.6 Å². The molecule has 0 aromatic heterocycles. The van der Waals surface area contributed by atoms with Crippen LogP contribution in [-0.2, 0) is 6.42 Å². The smallest absolute Gasteiger partial charge is 0.254 e. The molecule has 0 radical (unpaired) electrons. The van der Waals surface area contributed by atoms with Gasteiger partial charge in [-0.25, -0.2) is 0 Å². The van der Waals surface area contributed by atoms with Gasteiger partial charge in [0, 0.05) is 35.0 Å². The van der Waals surface area contributed by atoms with Gasteiger partial charge in [0.15, 0.2) is 0 Å². The zero-order valence-electron chi connectivity index (χ0n) is 26.9. The van der Waals surface area contributed by atoms with E-state index in [1.54, 1.807) is 0 Å². The van der Waals surface area contributed by atoms with E-state index in [1.807, 2.05) is 17.0 Å². The average molecular weight is 562 g/mol. The van der Waals surface area contributed by atoms with Gasteiger partial charge in [0.1, 0.15) is 11.5 Å². The molecule has 0 saturated carbocycles. The van der Waals surface area contributed by atoms with Crippen LogP contribution in [0.3, 0.4) is 0 Å². The van der Waals surface area contributed by atoms with Crippen molar-refractivity contribution in [1.29, 1.82) is 0 Å². The van der Waals surface area contributed by atoms with Gasteiger partial charge in [0.2, 0.25) is 0 Å². The van der Waals surface area contributed by atoms with Gasteiger partial charge in [-0.1, -0.05) is 72.7 Å². The molecule has 1 amide bonds. The molecule has 3 aromatic rings. The zero-order chi connectivity index (χ0) is 30.0. The summed E-state index contributed by atoms with van der Waals surface area (Å²) < 4.78 is 6.84. The summed E-state index contributed by atoms with van der Waals surface area (Å²) in [7, 11) is 0. The topological polar surface area (TPSA) is 29.5 Å². The predicted molar refractivity (Wildman–Crippen MR) is 174 cm³/mol. The number of carbonyl (C=O) groups excluding carboxylic acids is 1. The summed E-state index contributed by atoms with van der Waals surface area (Å²) in [4.78, 5) is 16.0. The molecule has 6 rings (SSSR count). The fourth-order valence-corrected chi connectivity index (χ4v) is 8.16. The number of rotatable bonds is 5. The van der Waals surface area contributed by atoms with Crippen molar-refractivity contribution in [3.05, 3.63) is 92.3 Å². The molecule has 0 fully saturated rings. The molecule has 0 N–H and O–H groups in total. The number of amides is 1. The van der Waals surface area contributed by atoms with Crippen LogP contribution in [0, 0.1) is 10.8 Å². The number of hydrogen-bond acceptors (Lipinski definition) is 2. The van der Waals surface area contributed by atoms with E-state index in [0.717, 1.165) is 64.8 Å². The first-order valence-electron chi connectivity index (χ1n) is 16.1. The van der Waals surface area contributed by atoms with Crippen LogP contribution < -0.4 is 15.2 Å². The summed E-state index contributed by atoms with van der Waals surface area (Å²) in [5.74, 6) is 2.81. The molecule has 2 unspecified atom stereocenters. The number of hydrogen-bond donors (Lipinski definition) is 0. The fraction of sp³-hybridized carbons (Fsp3) is 0.462. The average Bonchev–Trinajstić information content (AvgIpc) is 2.91. The summed E-state index contributed by atoms with van der Waals surface area (Å²) in [6.45, 7) is 19.8. The Bertz CT molecular complexity index is 1690. The number of ether oxygens (including phenoxy) is 1. The minimum Gasteiger partial charge on any atom is -0.456 e. The minimum absolute atomic E-state index is 0.103. The van der Waals surface area contributed by atoms with Crippen molar-refractivity contribution in [2.75, 3.05) is 13.1 Å². The van der Waals surface area contributed by atoms with Gasteiger partial charge in [-0.15, -0.1) is 0 Å². The van der Waals surface area contributed by atoms with E-state index in [-0.39, 0.29) is 16.7 Å². The highest BCUT2D eigenvalue weighted by atomic mass is 16.5. The highest BCUT2D eigenvalue weighted by Crippen LogP contribution is 2.47. The quantitative estimate of drug-likeness (QED) is 0.245. The lowest BCUT2D eigenvalue weighted by molar-refractivity contribution is 0.0764. The van der Waals surface area contributed by atoms with Crippen molar-refractivity contribution in [1.82, 2.24) is 4.90 Å². The molecular weight excluding hydrogens is 514 g/mol. The van der Waals surface area contributed by atoms with Crippen LogP contribution in [-0.4, -0.2) is 23.9 Å². The zero-order valence-corrected chi connectivity index (χ0v) is 26.9. The van der Waals surface area contributed by atoms with Gasteiger partial charge in [-0.05, 0) is 113 Å². The van der Waals surface area contributed by atoms with Gasteiger partial charge in [0.25, 0.3) is 5.91 Å². The Morgan fingerprint density at radius 1 is 0.905 bits per heavy atom. The molecule has 0 spiro atoms. The molecule has 1 aliphatic heterocycles. The van der Waals surface area contributed by atoms with Gasteiger partial charge in [-0.2, -0.15) is 0 Å². The molecule has 3 nitrogen and oxygen atoms in total. The van der Waals surface area contributed by atoms with Crippen LogP contribution in [0.15, 0.2) is 48.5 Å². The summed E-state index contributed by atoms with van der Waals surface area (Å²) >= 11 is 0.